The molecule has 9 nitrogen and oxygen atoms in total. The molecule has 3 aromatic heterocycles. The Hall–Kier alpha value is -3.86. The average molecular weight is 619 g/mol. The molecule has 5 rings (SSSR count). The average Bonchev–Trinajstić information content (AvgIpc) is 3.40. The first-order valence-corrected chi connectivity index (χ1v) is 15.5. The molecular formula is C33H40ClFN8O. The van der Waals surface area contributed by atoms with Crippen LogP contribution in [0.4, 0.5) is 4.39 Å². The van der Waals surface area contributed by atoms with E-state index in [4.69, 9.17) is 27.7 Å². The second kappa shape index (κ2) is 13.8. The molecule has 3 atom stereocenters. The molecule has 1 fully saturated rings. The van der Waals surface area contributed by atoms with Gasteiger partial charge in [0.25, 0.3) is 0 Å². The van der Waals surface area contributed by atoms with E-state index in [9.17, 15) is 4.79 Å². The van der Waals surface area contributed by atoms with E-state index in [1.54, 1.807) is 43.6 Å². The summed E-state index contributed by atoms with van der Waals surface area (Å²) in [5.74, 6) is -0.0589. The molecule has 44 heavy (non-hydrogen) atoms. The summed E-state index contributed by atoms with van der Waals surface area (Å²) in [7, 11) is 0. The number of hydrogen-bond donors (Lipinski definition) is 5. The number of amidine groups is 1. The lowest BCUT2D eigenvalue weighted by Gasteiger charge is -2.31. The molecular weight excluding hydrogens is 579 g/mol. The van der Waals surface area contributed by atoms with Crippen molar-refractivity contribution in [3.05, 3.63) is 81.4 Å². The number of benzene rings is 1. The van der Waals surface area contributed by atoms with Crippen molar-refractivity contribution in [2.75, 3.05) is 6.54 Å². The van der Waals surface area contributed by atoms with E-state index in [-0.39, 0.29) is 17.1 Å². The Bertz CT molecular complexity index is 1730. The number of nitrogens with zero attached hydrogens (tertiary/aromatic N) is 3. The van der Waals surface area contributed by atoms with E-state index in [0.717, 1.165) is 68.3 Å². The van der Waals surface area contributed by atoms with Gasteiger partial charge in [0.2, 0.25) is 0 Å². The van der Waals surface area contributed by atoms with Gasteiger partial charge in [0.1, 0.15) is 5.65 Å². The van der Waals surface area contributed by atoms with Crippen molar-refractivity contribution < 1.29 is 4.39 Å². The highest BCUT2D eigenvalue weighted by Crippen LogP contribution is 2.32. The van der Waals surface area contributed by atoms with Crippen LogP contribution in [0.3, 0.4) is 0 Å². The number of piperidine rings is 1. The quantitative estimate of drug-likeness (QED) is 0.103. The Kier molecular flexibility index (Phi) is 9.93. The van der Waals surface area contributed by atoms with E-state index in [2.05, 4.69) is 27.2 Å². The fraction of sp³-hybridized carbons (Fsp3) is 0.394. The molecule has 0 radical (unpaired) electrons. The maximum atomic E-state index is 15.2. The summed E-state index contributed by atoms with van der Waals surface area (Å²) in [4.78, 5) is 25.3. The number of nitrogens with two attached hydrogens (primary N) is 1. The van der Waals surface area contributed by atoms with Gasteiger partial charge in [-0.05, 0) is 94.2 Å². The number of hydrogen-bond acceptors (Lipinski definition) is 6. The van der Waals surface area contributed by atoms with Crippen LogP contribution in [0, 0.1) is 11.2 Å². The van der Waals surface area contributed by atoms with E-state index >= 15 is 4.39 Å². The molecule has 232 valence electrons. The Labute approximate surface area is 261 Å². The van der Waals surface area contributed by atoms with Gasteiger partial charge in [0.05, 0.1) is 40.2 Å². The number of aromatic nitrogens is 4. The summed E-state index contributed by atoms with van der Waals surface area (Å²) in [6, 6.07) is 7.60. The lowest BCUT2D eigenvalue weighted by Crippen LogP contribution is -2.39. The molecule has 0 saturated carbocycles. The van der Waals surface area contributed by atoms with Crippen LogP contribution in [0.15, 0.2) is 48.0 Å². The van der Waals surface area contributed by atoms with Gasteiger partial charge in [0, 0.05) is 35.8 Å². The minimum Gasteiger partial charge on any atom is -0.374 e. The molecule has 1 aromatic carbocycles. The summed E-state index contributed by atoms with van der Waals surface area (Å²) in [5, 5.41) is 15.1. The topological polar surface area (TPSA) is 138 Å². The van der Waals surface area contributed by atoms with Crippen LogP contribution in [-0.4, -0.2) is 44.0 Å². The molecule has 1 saturated heterocycles. The summed E-state index contributed by atoms with van der Waals surface area (Å²) < 4.78 is 16.6. The van der Waals surface area contributed by atoms with E-state index in [1.807, 2.05) is 13.0 Å². The molecule has 4 heterocycles. The van der Waals surface area contributed by atoms with Crippen LogP contribution < -0.4 is 22.1 Å². The zero-order valence-electron chi connectivity index (χ0n) is 25.2. The van der Waals surface area contributed by atoms with Crippen LogP contribution in [0.25, 0.3) is 34.1 Å². The fourth-order valence-electron chi connectivity index (χ4n) is 5.90. The Morgan fingerprint density at radius 2 is 2.16 bits per heavy atom. The van der Waals surface area contributed by atoms with Gasteiger partial charge in [-0.2, -0.15) is 4.98 Å². The van der Waals surface area contributed by atoms with Crippen LogP contribution in [0.2, 0.25) is 5.02 Å². The maximum absolute atomic E-state index is 15.2. The van der Waals surface area contributed by atoms with Crippen LogP contribution >= 0.6 is 11.6 Å². The molecule has 0 amide bonds. The second-order valence-electron chi connectivity index (χ2n) is 11.7. The molecule has 1 aliphatic heterocycles. The first kappa shape index (κ1) is 31.6. The van der Waals surface area contributed by atoms with Crippen molar-refractivity contribution in [1.82, 2.24) is 30.2 Å². The zero-order chi connectivity index (χ0) is 31.4. The highest BCUT2D eigenvalue weighted by atomic mass is 35.5. The third-order valence-corrected chi connectivity index (χ3v) is 8.41. The van der Waals surface area contributed by atoms with Gasteiger partial charge in [-0.1, -0.05) is 24.3 Å². The predicted octanol–water partition coefficient (Wildman–Crippen LogP) is 6.04. The number of pyridine rings is 1. The van der Waals surface area contributed by atoms with Crippen LogP contribution in [0.1, 0.15) is 75.2 Å². The third-order valence-electron chi connectivity index (χ3n) is 8.14. The van der Waals surface area contributed by atoms with Crippen LogP contribution in [0.5, 0.6) is 0 Å². The largest absolute Gasteiger partial charge is 0.374 e. The first-order chi connectivity index (χ1) is 21.1. The highest BCUT2D eigenvalue weighted by Gasteiger charge is 2.25. The van der Waals surface area contributed by atoms with Gasteiger partial charge in [-0.25, -0.2) is 9.18 Å². The predicted molar refractivity (Wildman–Crippen MR) is 176 cm³/mol. The van der Waals surface area contributed by atoms with Crippen molar-refractivity contribution in [3.63, 3.8) is 0 Å². The van der Waals surface area contributed by atoms with Crippen molar-refractivity contribution in [2.24, 2.45) is 5.73 Å². The minimum atomic E-state index is -0.528. The molecule has 11 heteroatoms. The molecule has 0 unspecified atom stereocenters. The SMILES string of the molecule is C=Cc1cc(-n2cc3cc(-c4cc(CCC[C@H](C)N)cc(Cl)c4F)[nH]c3nc2=O)cnc1[C@@H]1CCC[C@@H](CCNC(C)=N)N1. The van der Waals surface area contributed by atoms with Crippen molar-refractivity contribution >= 4 is 34.5 Å². The first-order valence-electron chi connectivity index (χ1n) is 15.2. The minimum absolute atomic E-state index is 0.0458. The highest BCUT2D eigenvalue weighted by molar-refractivity contribution is 6.31. The van der Waals surface area contributed by atoms with E-state index in [0.29, 0.717) is 39.9 Å². The molecule has 1 aliphatic rings. The van der Waals surface area contributed by atoms with Crippen LogP contribution in [-0.2, 0) is 6.42 Å². The molecule has 0 aliphatic carbocycles. The summed E-state index contributed by atoms with van der Waals surface area (Å²) in [6.45, 7) is 8.46. The number of fused-ring (bicyclic) bond motifs is 1. The van der Waals surface area contributed by atoms with E-state index in [1.165, 1.54) is 4.57 Å². The Morgan fingerprint density at radius 3 is 2.91 bits per heavy atom. The van der Waals surface area contributed by atoms with Gasteiger partial charge in [0.15, 0.2) is 5.82 Å². The number of nitrogens with one attached hydrogen (secondary N) is 4. The Balaban J connectivity index is 1.41. The summed E-state index contributed by atoms with van der Waals surface area (Å²) in [5.41, 5.74) is 9.78. The molecule has 0 bridgehead atoms. The number of H-pyrrole nitrogens is 1. The standard InChI is InChI=1S/C33H40ClFN8O/c1-4-22-15-25(17-39-31(22)28-10-6-9-24(40-28)11-12-38-20(3)37)43-18-23-16-29(41-32(23)42-33(43)44)26-13-21(8-5-7-19(2)36)14-27(34)30(26)35/h4,13-19,24,28,40H,1,5-12,36H2,2-3H3,(H2,37,38)(H,41,42,44)/t19-,24-,28-/m0/s1. The Morgan fingerprint density at radius 1 is 1.34 bits per heavy atom. The number of rotatable bonds is 11. The van der Waals surface area contributed by atoms with Gasteiger partial charge in [-0.3, -0.25) is 15.0 Å². The number of halogens is 2. The van der Waals surface area contributed by atoms with Gasteiger partial charge >= 0.3 is 5.69 Å². The molecule has 0 spiro atoms. The van der Waals surface area contributed by atoms with Crippen molar-refractivity contribution in [2.45, 2.75) is 76.9 Å². The summed E-state index contributed by atoms with van der Waals surface area (Å²) in [6.07, 6.45) is 11.6. The number of aromatic amines is 1. The third kappa shape index (κ3) is 7.26. The monoisotopic (exact) mass is 618 g/mol. The normalized spacial score (nSPS) is 17.5. The second-order valence-corrected chi connectivity index (χ2v) is 12.2. The van der Waals surface area contributed by atoms with E-state index < -0.39 is 11.5 Å². The van der Waals surface area contributed by atoms with Crippen molar-refractivity contribution in [1.29, 1.82) is 5.41 Å². The lowest BCUT2D eigenvalue weighted by atomic mass is 9.92. The lowest BCUT2D eigenvalue weighted by molar-refractivity contribution is 0.308. The maximum Gasteiger partial charge on any atom is 0.354 e. The van der Waals surface area contributed by atoms with Gasteiger partial charge in [-0.15, -0.1) is 0 Å². The fourth-order valence-corrected chi connectivity index (χ4v) is 6.14. The molecule has 4 aromatic rings. The van der Waals surface area contributed by atoms with Crippen molar-refractivity contribution in [3.8, 4) is 16.9 Å². The molecule has 6 N–H and O–H groups in total. The van der Waals surface area contributed by atoms with Gasteiger partial charge < -0.3 is 21.4 Å². The summed E-state index contributed by atoms with van der Waals surface area (Å²) >= 11 is 6.27. The number of aryl methyl sites for hydroxylation is 1. The zero-order valence-corrected chi connectivity index (χ0v) is 26.0. The smallest absolute Gasteiger partial charge is 0.354 e.